The molecule has 6 heteroatoms. The van der Waals surface area contributed by atoms with E-state index in [0.29, 0.717) is 18.0 Å². The minimum absolute atomic E-state index is 0.0262. The van der Waals surface area contributed by atoms with Crippen LogP contribution in [0, 0.1) is 5.92 Å². The van der Waals surface area contributed by atoms with Crippen LogP contribution in [-0.2, 0) is 16.1 Å². The van der Waals surface area contributed by atoms with Crippen LogP contribution in [0.25, 0.3) is 0 Å². The second-order valence-corrected chi connectivity index (χ2v) is 6.26. The van der Waals surface area contributed by atoms with Crippen molar-refractivity contribution in [1.82, 2.24) is 15.5 Å². The first-order valence-corrected chi connectivity index (χ1v) is 8.42. The number of hydrogen-bond donors (Lipinski definition) is 2. The first-order valence-electron chi connectivity index (χ1n) is 8.04. The predicted molar refractivity (Wildman–Crippen MR) is 91.1 cm³/mol. The molecule has 2 rings (SSSR count). The van der Waals surface area contributed by atoms with Crippen LogP contribution in [0.2, 0.25) is 5.02 Å². The summed E-state index contributed by atoms with van der Waals surface area (Å²) in [6.45, 7) is 2.93. The molecule has 0 spiro atoms. The Kier molecular flexibility index (Phi) is 6.86. The van der Waals surface area contributed by atoms with Gasteiger partial charge in [-0.15, -0.1) is 0 Å². The van der Waals surface area contributed by atoms with E-state index in [0.717, 1.165) is 38.0 Å². The smallest absolute Gasteiger partial charge is 0.222 e. The van der Waals surface area contributed by atoms with Crippen molar-refractivity contribution in [3.05, 3.63) is 34.9 Å². The summed E-state index contributed by atoms with van der Waals surface area (Å²) >= 11 is 6.07. The Morgan fingerprint density at radius 1 is 1.26 bits per heavy atom. The van der Waals surface area contributed by atoms with Crippen LogP contribution in [0.15, 0.2) is 24.3 Å². The lowest BCUT2D eigenvalue weighted by Gasteiger charge is -2.30. The lowest BCUT2D eigenvalue weighted by atomic mass is 9.96. The maximum atomic E-state index is 11.9. The molecule has 1 fully saturated rings. The van der Waals surface area contributed by atoms with Crippen molar-refractivity contribution in [2.45, 2.75) is 25.8 Å². The summed E-state index contributed by atoms with van der Waals surface area (Å²) in [6.07, 6.45) is 2.19. The summed E-state index contributed by atoms with van der Waals surface area (Å²) in [4.78, 5) is 25.8. The minimum atomic E-state index is 0.0262. The molecule has 0 aliphatic carbocycles. The lowest BCUT2D eigenvalue weighted by Crippen LogP contribution is -2.40. The molecule has 1 aliphatic rings. The van der Waals surface area contributed by atoms with Crippen LogP contribution in [0.3, 0.4) is 0 Å². The molecular weight excluding hydrogens is 314 g/mol. The molecule has 0 atom stereocenters. The Balaban J connectivity index is 1.66. The monoisotopic (exact) mass is 337 g/mol. The fraction of sp³-hybridized carbons (Fsp3) is 0.529. The standard InChI is InChI=1S/C17H24ClN3O2/c1-19-17(23)13-6-9-21(10-7-13)11-8-16(22)20-12-14-4-2-3-5-15(14)18/h2-5,13H,6-12H2,1H3,(H,19,23)(H,20,22). The summed E-state index contributed by atoms with van der Waals surface area (Å²) in [5.74, 6) is 0.269. The fourth-order valence-electron chi connectivity index (χ4n) is 2.81. The largest absolute Gasteiger partial charge is 0.359 e. The zero-order valence-electron chi connectivity index (χ0n) is 13.5. The Bertz CT molecular complexity index is 542. The predicted octanol–water partition coefficient (Wildman–Crippen LogP) is 1.80. The van der Waals surface area contributed by atoms with E-state index in [1.165, 1.54) is 0 Å². The number of nitrogens with one attached hydrogen (secondary N) is 2. The van der Waals surface area contributed by atoms with E-state index < -0.39 is 0 Å². The highest BCUT2D eigenvalue weighted by Gasteiger charge is 2.24. The summed E-state index contributed by atoms with van der Waals surface area (Å²) in [7, 11) is 1.68. The van der Waals surface area contributed by atoms with Crippen molar-refractivity contribution in [2.24, 2.45) is 5.92 Å². The second kappa shape index (κ2) is 8.89. The van der Waals surface area contributed by atoms with E-state index in [4.69, 9.17) is 11.6 Å². The Hall–Kier alpha value is -1.59. The molecule has 0 radical (unpaired) electrons. The zero-order valence-corrected chi connectivity index (χ0v) is 14.2. The molecule has 1 saturated heterocycles. The van der Waals surface area contributed by atoms with E-state index >= 15 is 0 Å². The van der Waals surface area contributed by atoms with Gasteiger partial charge in [-0.2, -0.15) is 0 Å². The van der Waals surface area contributed by atoms with Crippen LogP contribution in [0.1, 0.15) is 24.8 Å². The molecule has 126 valence electrons. The molecule has 1 heterocycles. The number of benzene rings is 1. The number of rotatable bonds is 6. The van der Waals surface area contributed by atoms with Gasteiger partial charge in [0.2, 0.25) is 11.8 Å². The molecular formula is C17H24ClN3O2. The van der Waals surface area contributed by atoms with E-state index in [1.807, 2.05) is 24.3 Å². The number of piperidine rings is 1. The van der Waals surface area contributed by atoms with Gasteiger partial charge in [0.25, 0.3) is 0 Å². The minimum Gasteiger partial charge on any atom is -0.359 e. The first kappa shape index (κ1) is 17.8. The van der Waals surface area contributed by atoms with Gasteiger partial charge in [0, 0.05) is 37.5 Å². The van der Waals surface area contributed by atoms with Crippen LogP contribution in [0.4, 0.5) is 0 Å². The molecule has 2 N–H and O–H groups in total. The molecule has 0 bridgehead atoms. The third-order valence-electron chi connectivity index (χ3n) is 4.29. The number of carbonyl (C=O) groups excluding carboxylic acids is 2. The average Bonchev–Trinajstić information content (AvgIpc) is 2.59. The Labute approximate surface area is 142 Å². The van der Waals surface area contributed by atoms with E-state index in [1.54, 1.807) is 7.05 Å². The van der Waals surface area contributed by atoms with Crippen molar-refractivity contribution in [3.63, 3.8) is 0 Å². The average molecular weight is 338 g/mol. The highest BCUT2D eigenvalue weighted by molar-refractivity contribution is 6.31. The van der Waals surface area contributed by atoms with E-state index in [-0.39, 0.29) is 17.7 Å². The number of hydrogen-bond acceptors (Lipinski definition) is 3. The number of nitrogens with zero attached hydrogens (tertiary/aromatic N) is 1. The van der Waals surface area contributed by atoms with Crippen LogP contribution in [0.5, 0.6) is 0 Å². The highest BCUT2D eigenvalue weighted by Crippen LogP contribution is 2.17. The van der Waals surface area contributed by atoms with Gasteiger partial charge in [0.05, 0.1) is 0 Å². The van der Waals surface area contributed by atoms with Gasteiger partial charge in [-0.25, -0.2) is 0 Å². The maximum Gasteiger partial charge on any atom is 0.222 e. The van der Waals surface area contributed by atoms with Gasteiger partial charge in [0.15, 0.2) is 0 Å². The van der Waals surface area contributed by atoms with Gasteiger partial charge in [-0.3, -0.25) is 9.59 Å². The number of carbonyl (C=O) groups is 2. The topological polar surface area (TPSA) is 61.4 Å². The number of likely N-dealkylation sites (tertiary alicyclic amines) is 1. The molecule has 0 saturated carbocycles. The summed E-state index contributed by atoms with van der Waals surface area (Å²) in [5.41, 5.74) is 0.925. The third-order valence-corrected chi connectivity index (χ3v) is 4.66. The highest BCUT2D eigenvalue weighted by atomic mass is 35.5. The van der Waals surface area contributed by atoms with Crippen molar-refractivity contribution >= 4 is 23.4 Å². The fourth-order valence-corrected chi connectivity index (χ4v) is 3.01. The summed E-state index contributed by atoms with van der Waals surface area (Å²) in [5, 5.41) is 6.28. The molecule has 2 amide bonds. The number of halogens is 1. The molecule has 1 aromatic carbocycles. The van der Waals surface area contributed by atoms with Crippen molar-refractivity contribution in [1.29, 1.82) is 0 Å². The lowest BCUT2D eigenvalue weighted by molar-refractivity contribution is -0.126. The second-order valence-electron chi connectivity index (χ2n) is 5.85. The van der Waals surface area contributed by atoms with Crippen molar-refractivity contribution in [3.8, 4) is 0 Å². The van der Waals surface area contributed by atoms with Crippen molar-refractivity contribution in [2.75, 3.05) is 26.7 Å². The molecule has 0 aromatic heterocycles. The van der Waals surface area contributed by atoms with Gasteiger partial charge in [-0.1, -0.05) is 29.8 Å². The summed E-state index contributed by atoms with van der Waals surface area (Å²) in [6, 6.07) is 7.51. The quantitative estimate of drug-likeness (QED) is 0.832. The molecule has 23 heavy (non-hydrogen) atoms. The van der Waals surface area contributed by atoms with Gasteiger partial charge in [0.1, 0.15) is 0 Å². The van der Waals surface area contributed by atoms with Gasteiger partial charge < -0.3 is 15.5 Å². The van der Waals surface area contributed by atoms with E-state index in [9.17, 15) is 9.59 Å². The summed E-state index contributed by atoms with van der Waals surface area (Å²) < 4.78 is 0. The van der Waals surface area contributed by atoms with Crippen LogP contribution in [-0.4, -0.2) is 43.4 Å². The van der Waals surface area contributed by atoms with Gasteiger partial charge >= 0.3 is 0 Å². The molecule has 1 aromatic rings. The molecule has 0 unspecified atom stereocenters. The third kappa shape index (κ3) is 5.52. The zero-order chi connectivity index (χ0) is 16.7. The molecule has 1 aliphatic heterocycles. The van der Waals surface area contributed by atoms with Gasteiger partial charge in [-0.05, 0) is 37.6 Å². The SMILES string of the molecule is CNC(=O)C1CCN(CCC(=O)NCc2ccccc2Cl)CC1. The van der Waals surface area contributed by atoms with Crippen LogP contribution < -0.4 is 10.6 Å². The van der Waals surface area contributed by atoms with Crippen molar-refractivity contribution < 1.29 is 9.59 Å². The van der Waals surface area contributed by atoms with E-state index in [2.05, 4.69) is 15.5 Å². The number of amides is 2. The maximum absolute atomic E-state index is 11.9. The first-order chi connectivity index (χ1) is 11.1. The Morgan fingerprint density at radius 3 is 2.61 bits per heavy atom. The van der Waals surface area contributed by atoms with Crippen LogP contribution >= 0.6 is 11.6 Å². The normalized spacial score (nSPS) is 16.1. The Morgan fingerprint density at radius 2 is 1.96 bits per heavy atom. The molecule has 5 nitrogen and oxygen atoms in total.